The first-order valence-electron chi connectivity index (χ1n) is 6.33. The van der Waals surface area contributed by atoms with Gasteiger partial charge in [-0.3, -0.25) is 4.79 Å². The Kier molecular flexibility index (Phi) is 4.00. The highest BCUT2D eigenvalue weighted by molar-refractivity contribution is 6.34. The Morgan fingerprint density at radius 3 is 2.45 bits per heavy atom. The Labute approximate surface area is 123 Å². The van der Waals surface area contributed by atoms with Gasteiger partial charge >= 0.3 is 0 Å². The second kappa shape index (κ2) is 5.55. The van der Waals surface area contributed by atoms with E-state index in [4.69, 9.17) is 17.3 Å². The van der Waals surface area contributed by atoms with E-state index in [0.29, 0.717) is 22.0 Å². The number of hydrogen-bond donors (Lipinski definition) is 2. The van der Waals surface area contributed by atoms with Gasteiger partial charge in [0, 0.05) is 11.3 Å². The van der Waals surface area contributed by atoms with E-state index in [1.54, 1.807) is 12.1 Å². The van der Waals surface area contributed by atoms with Crippen molar-refractivity contribution in [2.75, 3.05) is 11.1 Å². The molecule has 0 aliphatic heterocycles. The van der Waals surface area contributed by atoms with Crippen molar-refractivity contribution in [3.05, 3.63) is 57.6 Å². The highest BCUT2D eigenvalue weighted by Gasteiger charge is 2.13. The molecule has 20 heavy (non-hydrogen) atoms. The number of hydrogen-bond acceptors (Lipinski definition) is 2. The maximum atomic E-state index is 12.4. The number of nitrogen functional groups attached to an aromatic ring is 1. The summed E-state index contributed by atoms with van der Waals surface area (Å²) < 4.78 is 0. The summed E-state index contributed by atoms with van der Waals surface area (Å²) in [6.45, 7) is 5.71. The number of para-hydroxylation sites is 1. The minimum absolute atomic E-state index is 0.203. The number of amides is 1. The smallest absolute Gasteiger partial charge is 0.256 e. The molecule has 0 atom stereocenters. The first-order chi connectivity index (χ1) is 9.40. The first-order valence-corrected chi connectivity index (χ1v) is 6.71. The van der Waals surface area contributed by atoms with E-state index in [1.165, 1.54) is 0 Å². The molecule has 0 bridgehead atoms. The van der Waals surface area contributed by atoms with Gasteiger partial charge in [0.15, 0.2) is 0 Å². The number of halogens is 1. The average molecular weight is 289 g/mol. The predicted molar refractivity (Wildman–Crippen MR) is 84.5 cm³/mol. The highest BCUT2D eigenvalue weighted by Crippen LogP contribution is 2.26. The van der Waals surface area contributed by atoms with Crippen molar-refractivity contribution in [2.45, 2.75) is 20.8 Å². The van der Waals surface area contributed by atoms with Crippen LogP contribution in [0.25, 0.3) is 0 Å². The molecular weight excluding hydrogens is 272 g/mol. The van der Waals surface area contributed by atoms with Crippen LogP contribution in [0.15, 0.2) is 30.3 Å². The molecule has 0 aromatic heterocycles. The lowest BCUT2D eigenvalue weighted by molar-refractivity contribution is 0.102. The zero-order chi connectivity index (χ0) is 14.9. The maximum absolute atomic E-state index is 12.4. The number of aryl methyl sites for hydroxylation is 3. The standard InChI is InChI=1S/C16H17ClN2O/c1-9-5-4-6-13(17)15(9)19-16(20)12-8-14(18)11(3)7-10(12)2/h4-8H,18H2,1-3H3,(H,19,20). The van der Waals surface area contributed by atoms with E-state index in [0.717, 1.165) is 16.7 Å². The number of rotatable bonds is 2. The lowest BCUT2D eigenvalue weighted by Crippen LogP contribution is -2.15. The molecule has 1 amide bonds. The molecule has 0 saturated carbocycles. The second-order valence-corrected chi connectivity index (χ2v) is 5.32. The summed E-state index contributed by atoms with van der Waals surface area (Å²) in [6, 6.07) is 9.11. The number of carbonyl (C=O) groups is 1. The lowest BCUT2D eigenvalue weighted by Gasteiger charge is -2.13. The van der Waals surface area contributed by atoms with E-state index in [-0.39, 0.29) is 5.91 Å². The molecule has 0 radical (unpaired) electrons. The van der Waals surface area contributed by atoms with E-state index in [9.17, 15) is 4.79 Å². The van der Waals surface area contributed by atoms with E-state index >= 15 is 0 Å². The third-order valence-corrected chi connectivity index (χ3v) is 3.63. The highest BCUT2D eigenvalue weighted by atomic mass is 35.5. The van der Waals surface area contributed by atoms with Crippen LogP contribution in [0.5, 0.6) is 0 Å². The fourth-order valence-electron chi connectivity index (χ4n) is 2.08. The summed E-state index contributed by atoms with van der Waals surface area (Å²) in [4.78, 5) is 12.4. The van der Waals surface area contributed by atoms with Crippen molar-refractivity contribution in [2.24, 2.45) is 0 Å². The minimum atomic E-state index is -0.203. The van der Waals surface area contributed by atoms with Crippen LogP contribution in [0.2, 0.25) is 5.02 Å². The van der Waals surface area contributed by atoms with Gasteiger partial charge in [-0.2, -0.15) is 0 Å². The van der Waals surface area contributed by atoms with E-state index < -0.39 is 0 Å². The maximum Gasteiger partial charge on any atom is 0.256 e. The minimum Gasteiger partial charge on any atom is -0.398 e. The SMILES string of the molecule is Cc1cc(C)c(C(=O)Nc2c(C)cccc2Cl)cc1N. The van der Waals surface area contributed by atoms with Gasteiger partial charge in [0.1, 0.15) is 0 Å². The van der Waals surface area contributed by atoms with Gasteiger partial charge in [-0.15, -0.1) is 0 Å². The van der Waals surface area contributed by atoms with Gasteiger partial charge in [-0.25, -0.2) is 0 Å². The Hall–Kier alpha value is -2.00. The Bertz CT molecular complexity index is 660. The van der Waals surface area contributed by atoms with Gasteiger partial charge in [-0.1, -0.05) is 29.8 Å². The van der Waals surface area contributed by atoms with E-state index in [2.05, 4.69) is 5.32 Å². The number of nitrogens with one attached hydrogen (secondary N) is 1. The zero-order valence-corrected chi connectivity index (χ0v) is 12.5. The fourth-order valence-corrected chi connectivity index (χ4v) is 2.35. The molecule has 0 heterocycles. The van der Waals surface area contributed by atoms with Crippen molar-refractivity contribution in [3.63, 3.8) is 0 Å². The molecule has 0 unspecified atom stereocenters. The molecule has 0 spiro atoms. The molecule has 0 aliphatic rings. The Morgan fingerprint density at radius 2 is 1.80 bits per heavy atom. The molecule has 3 N–H and O–H groups in total. The molecule has 2 aromatic carbocycles. The van der Waals surface area contributed by atoms with Gasteiger partial charge in [0.25, 0.3) is 5.91 Å². The molecule has 0 aliphatic carbocycles. The quantitative estimate of drug-likeness (QED) is 0.818. The molecule has 2 aromatic rings. The number of benzene rings is 2. The van der Waals surface area contributed by atoms with Crippen molar-refractivity contribution < 1.29 is 4.79 Å². The van der Waals surface area contributed by atoms with Gasteiger partial charge in [0.2, 0.25) is 0 Å². The summed E-state index contributed by atoms with van der Waals surface area (Å²) in [7, 11) is 0. The predicted octanol–water partition coefficient (Wildman–Crippen LogP) is 4.10. The molecule has 2 rings (SSSR count). The Balaban J connectivity index is 2.36. The largest absolute Gasteiger partial charge is 0.398 e. The van der Waals surface area contributed by atoms with Crippen LogP contribution in [-0.2, 0) is 0 Å². The van der Waals surface area contributed by atoms with Crippen molar-refractivity contribution in [1.29, 1.82) is 0 Å². The number of nitrogens with two attached hydrogens (primary N) is 1. The molecular formula is C16H17ClN2O. The normalized spacial score (nSPS) is 10.4. The monoisotopic (exact) mass is 288 g/mol. The molecule has 104 valence electrons. The van der Waals surface area contributed by atoms with Gasteiger partial charge in [0.05, 0.1) is 10.7 Å². The van der Waals surface area contributed by atoms with Crippen LogP contribution in [0.3, 0.4) is 0 Å². The summed E-state index contributed by atoms with van der Waals surface area (Å²) in [5.41, 5.74) is 10.5. The van der Waals surface area contributed by atoms with Crippen LogP contribution in [0.1, 0.15) is 27.0 Å². The van der Waals surface area contributed by atoms with Crippen molar-refractivity contribution in [1.82, 2.24) is 0 Å². The van der Waals surface area contributed by atoms with Crippen LogP contribution in [-0.4, -0.2) is 5.91 Å². The third kappa shape index (κ3) is 2.78. The molecule has 3 nitrogen and oxygen atoms in total. The zero-order valence-electron chi connectivity index (χ0n) is 11.8. The lowest BCUT2D eigenvalue weighted by atomic mass is 10.0. The molecule has 0 saturated heterocycles. The summed E-state index contributed by atoms with van der Waals surface area (Å²) in [5, 5.41) is 3.38. The van der Waals surface area contributed by atoms with Crippen LogP contribution in [0, 0.1) is 20.8 Å². The molecule has 4 heteroatoms. The first kappa shape index (κ1) is 14.4. The van der Waals surface area contributed by atoms with Crippen molar-refractivity contribution >= 4 is 28.9 Å². The van der Waals surface area contributed by atoms with Gasteiger partial charge < -0.3 is 11.1 Å². The Morgan fingerprint density at radius 1 is 1.10 bits per heavy atom. The second-order valence-electron chi connectivity index (χ2n) is 4.91. The van der Waals surface area contributed by atoms with Crippen molar-refractivity contribution in [3.8, 4) is 0 Å². The van der Waals surface area contributed by atoms with Crippen LogP contribution in [0.4, 0.5) is 11.4 Å². The number of anilines is 2. The average Bonchev–Trinajstić information content (AvgIpc) is 2.38. The number of carbonyl (C=O) groups excluding carboxylic acids is 1. The third-order valence-electron chi connectivity index (χ3n) is 3.32. The summed E-state index contributed by atoms with van der Waals surface area (Å²) in [6.07, 6.45) is 0. The fraction of sp³-hybridized carbons (Fsp3) is 0.188. The van der Waals surface area contributed by atoms with Crippen LogP contribution >= 0.6 is 11.6 Å². The summed E-state index contributed by atoms with van der Waals surface area (Å²) in [5.74, 6) is -0.203. The van der Waals surface area contributed by atoms with Gasteiger partial charge in [-0.05, 0) is 49.6 Å². The van der Waals surface area contributed by atoms with Crippen LogP contribution < -0.4 is 11.1 Å². The molecule has 0 fully saturated rings. The topological polar surface area (TPSA) is 55.1 Å². The summed E-state index contributed by atoms with van der Waals surface area (Å²) >= 11 is 6.12. The van der Waals surface area contributed by atoms with E-state index in [1.807, 2.05) is 39.0 Å².